The molecule has 0 aromatic rings. The number of rotatable bonds is 11. The van der Waals surface area contributed by atoms with Gasteiger partial charge < -0.3 is 5.11 Å². The van der Waals surface area contributed by atoms with Crippen molar-refractivity contribution >= 4 is 5.97 Å². The Balaban J connectivity index is 3.63. The second kappa shape index (κ2) is 11.8. The van der Waals surface area contributed by atoms with Gasteiger partial charge in [0.25, 0.3) is 0 Å². The van der Waals surface area contributed by atoms with Crippen LogP contribution in [0.15, 0.2) is 36.5 Å². The lowest BCUT2D eigenvalue weighted by atomic mass is 10.0. The van der Waals surface area contributed by atoms with E-state index in [1.54, 1.807) is 6.92 Å². The molecule has 2 heteroatoms. The molecule has 0 heterocycles. The molecule has 0 saturated heterocycles. The molecule has 0 amide bonds. The number of carboxylic acids is 1. The predicted octanol–water partition coefficient (Wildman–Crippen LogP) is 5.13. The summed E-state index contributed by atoms with van der Waals surface area (Å²) >= 11 is 0. The lowest BCUT2D eigenvalue weighted by molar-refractivity contribution is -0.141. The van der Waals surface area contributed by atoms with E-state index in [2.05, 4.69) is 31.7 Å². The first-order valence-electron chi connectivity index (χ1n) is 7.22. The van der Waals surface area contributed by atoms with Gasteiger partial charge in [0.15, 0.2) is 0 Å². The number of carbonyl (C=O) groups is 1. The van der Waals surface area contributed by atoms with Crippen LogP contribution in [-0.4, -0.2) is 11.1 Å². The second-order valence-electron chi connectivity index (χ2n) is 5.10. The Morgan fingerprint density at radius 2 is 1.84 bits per heavy atom. The van der Waals surface area contributed by atoms with Crippen LogP contribution in [-0.2, 0) is 4.79 Å². The molecule has 1 N–H and O–H groups in total. The zero-order valence-electron chi connectivity index (χ0n) is 12.4. The zero-order chi connectivity index (χ0) is 14.5. The molecule has 0 aromatic heterocycles. The van der Waals surface area contributed by atoms with E-state index in [9.17, 15) is 4.79 Å². The van der Waals surface area contributed by atoms with Gasteiger partial charge in [0.1, 0.15) is 0 Å². The molecular weight excluding hydrogens is 236 g/mol. The van der Waals surface area contributed by atoms with Crippen LogP contribution in [0, 0.1) is 5.92 Å². The van der Waals surface area contributed by atoms with Crippen LogP contribution >= 0.6 is 0 Å². The van der Waals surface area contributed by atoms with Gasteiger partial charge in [-0.05, 0) is 51.9 Å². The van der Waals surface area contributed by atoms with Crippen molar-refractivity contribution in [3.05, 3.63) is 36.5 Å². The predicted molar refractivity (Wildman–Crippen MR) is 82.2 cm³/mol. The molecule has 2 nitrogen and oxygen atoms in total. The SMILES string of the molecule is C=CCC/C=C/CC/C=C(\C)CCCC(C)C(=O)O. The summed E-state index contributed by atoms with van der Waals surface area (Å²) in [6.45, 7) is 7.59. The normalized spacial score (nSPS) is 13.7. The molecule has 1 unspecified atom stereocenters. The second-order valence-corrected chi connectivity index (χ2v) is 5.10. The van der Waals surface area contributed by atoms with E-state index in [1.807, 2.05) is 6.08 Å². The Labute approximate surface area is 117 Å². The molecule has 0 radical (unpaired) electrons. The van der Waals surface area contributed by atoms with E-state index in [-0.39, 0.29) is 5.92 Å². The minimum atomic E-state index is -0.689. The maximum Gasteiger partial charge on any atom is 0.306 e. The third-order valence-electron chi connectivity index (χ3n) is 3.16. The largest absolute Gasteiger partial charge is 0.481 e. The van der Waals surface area contributed by atoms with Crippen molar-refractivity contribution in [3.63, 3.8) is 0 Å². The minimum absolute atomic E-state index is 0.222. The van der Waals surface area contributed by atoms with Gasteiger partial charge in [-0.3, -0.25) is 4.79 Å². The molecule has 108 valence electrons. The fourth-order valence-corrected chi connectivity index (χ4v) is 1.79. The van der Waals surface area contributed by atoms with E-state index < -0.39 is 5.97 Å². The third-order valence-corrected chi connectivity index (χ3v) is 3.16. The van der Waals surface area contributed by atoms with Crippen molar-refractivity contribution in [2.45, 2.75) is 58.8 Å². The lowest BCUT2D eigenvalue weighted by Gasteiger charge is -2.05. The first kappa shape index (κ1) is 17.7. The summed E-state index contributed by atoms with van der Waals surface area (Å²) in [7, 11) is 0. The summed E-state index contributed by atoms with van der Waals surface area (Å²) in [5.74, 6) is -0.910. The van der Waals surface area contributed by atoms with Crippen molar-refractivity contribution in [1.29, 1.82) is 0 Å². The van der Waals surface area contributed by atoms with Gasteiger partial charge in [0.05, 0.1) is 5.92 Å². The number of unbranched alkanes of at least 4 members (excludes halogenated alkanes) is 2. The van der Waals surface area contributed by atoms with Gasteiger partial charge in [-0.15, -0.1) is 6.58 Å². The highest BCUT2D eigenvalue weighted by Crippen LogP contribution is 2.13. The quantitative estimate of drug-likeness (QED) is 0.415. The van der Waals surface area contributed by atoms with Crippen LogP contribution in [0.2, 0.25) is 0 Å². The molecule has 1 atom stereocenters. The molecule has 0 aliphatic carbocycles. The van der Waals surface area contributed by atoms with Gasteiger partial charge in [-0.2, -0.15) is 0 Å². The topological polar surface area (TPSA) is 37.3 Å². The van der Waals surface area contributed by atoms with Gasteiger partial charge in [-0.1, -0.05) is 36.8 Å². The van der Waals surface area contributed by atoms with Crippen LogP contribution in [0.4, 0.5) is 0 Å². The average Bonchev–Trinajstić information content (AvgIpc) is 2.37. The first-order chi connectivity index (χ1) is 9.07. The van der Waals surface area contributed by atoms with Gasteiger partial charge in [0, 0.05) is 0 Å². The van der Waals surface area contributed by atoms with E-state index in [0.29, 0.717) is 0 Å². The van der Waals surface area contributed by atoms with Gasteiger partial charge in [-0.25, -0.2) is 0 Å². The van der Waals surface area contributed by atoms with Crippen LogP contribution in [0.3, 0.4) is 0 Å². The van der Waals surface area contributed by atoms with Crippen molar-refractivity contribution in [2.75, 3.05) is 0 Å². The fraction of sp³-hybridized carbons (Fsp3) is 0.588. The molecule has 0 aliphatic heterocycles. The molecule has 19 heavy (non-hydrogen) atoms. The minimum Gasteiger partial charge on any atom is -0.481 e. The number of hydrogen-bond acceptors (Lipinski definition) is 1. The highest BCUT2D eigenvalue weighted by atomic mass is 16.4. The van der Waals surface area contributed by atoms with Crippen LogP contribution < -0.4 is 0 Å². The molecule has 0 spiro atoms. The Kier molecular flexibility index (Phi) is 11.0. The highest BCUT2D eigenvalue weighted by Gasteiger charge is 2.09. The highest BCUT2D eigenvalue weighted by molar-refractivity contribution is 5.69. The number of hydrogen-bond donors (Lipinski definition) is 1. The smallest absolute Gasteiger partial charge is 0.306 e. The Morgan fingerprint density at radius 1 is 1.21 bits per heavy atom. The molecule has 0 bridgehead atoms. The number of aliphatic carboxylic acids is 1. The van der Waals surface area contributed by atoms with Crippen molar-refractivity contribution in [3.8, 4) is 0 Å². The zero-order valence-corrected chi connectivity index (χ0v) is 12.4. The maximum absolute atomic E-state index is 10.7. The van der Waals surface area contributed by atoms with Gasteiger partial charge >= 0.3 is 5.97 Å². The molecule has 0 saturated carbocycles. The Hall–Kier alpha value is -1.31. The third kappa shape index (κ3) is 11.5. The maximum atomic E-state index is 10.7. The summed E-state index contributed by atoms with van der Waals surface area (Å²) in [6.07, 6.45) is 15.7. The Bertz CT molecular complexity index is 313. The summed E-state index contributed by atoms with van der Waals surface area (Å²) in [5.41, 5.74) is 1.37. The van der Waals surface area contributed by atoms with E-state index in [1.165, 1.54) is 5.57 Å². The van der Waals surface area contributed by atoms with Crippen LogP contribution in [0.5, 0.6) is 0 Å². The first-order valence-corrected chi connectivity index (χ1v) is 7.22. The molecular formula is C17H28O2. The van der Waals surface area contributed by atoms with Gasteiger partial charge in [0.2, 0.25) is 0 Å². The monoisotopic (exact) mass is 264 g/mol. The molecule has 0 fully saturated rings. The standard InChI is InChI=1S/C17H28O2/c1-4-5-6-7-8-9-10-12-15(2)13-11-14-16(3)17(18)19/h4,7-8,12,16H,1,5-6,9-11,13-14H2,2-3H3,(H,18,19)/b8-7+,15-12+. The summed E-state index contributed by atoms with van der Waals surface area (Å²) in [6, 6.07) is 0. The number of carboxylic acid groups (broad SMARTS) is 1. The van der Waals surface area contributed by atoms with E-state index in [4.69, 9.17) is 5.11 Å². The van der Waals surface area contributed by atoms with Crippen molar-refractivity contribution in [1.82, 2.24) is 0 Å². The van der Waals surface area contributed by atoms with E-state index in [0.717, 1.165) is 44.9 Å². The Morgan fingerprint density at radius 3 is 2.42 bits per heavy atom. The fourth-order valence-electron chi connectivity index (χ4n) is 1.79. The van der Waals surface area contributed by atoms with Crippen molar-refractivity contribution in [2.24, 2.45) is 5.92 Å². The summed E-state index contributed by atoms with van der Waals surface area (Å²) in [5, 5.41) is 8.78. The lowest BCUT2D eigenvalue weighted by Crippen LogP contribution is -2.08. The summed E-state index contributed by atoms with van der Waals surface area (Å²) in [4.78, 5) is 10.7. The van der Waals surface area contributed by atoms with Crippen LogP contribution in [0.1, 0.15) is 58.8 Å². The molecule has 0 aromatic carbocycles. The average molecular weight is 264 g/mol. The van der Waals surface area contributed by atoms with E-state index >= 15 is 0 Å². The summed E-state index contributed by atoms with van der Waals surface area (Å²) < 4.78 is 0. The van der Waals surface area contributed by atoms with Crippen molar-refractivity contribution < 1.29 is 9.90 Å². The molecule has 0 rings (SSSR count). The molecule has 0 aliphatic rings. The number of allylic oxidation sites excluding steroid dienone is 5. The van der Waals surface area contributed by atoms with Crippen LogP contribution in [0.25, 0.3) is 0 Å².